The topological polar surface area (TPSA) is 78.9 Å². The summed E-state index contributed by atoms with van der Waals surface area (Å²) in [6.45, 7) is 12.1. The lowest BCUT2D eigenvalue weighted by Crippen LogP contribution is -2.48. The molecule has 0 aliphatic carbocycles. The fourth-order valence-corrected chi connectivity index (χ4v) is 2.07. The summed E-state index contributed by atoms with van der Waals surface area (Å²) in [5.41, 5.74) is -2.35. The Morgan fingerprint density at radius 1 is 0.826 bits per heavy atom. The van der Waals surface area contributed by atoms with Gasteiger partial charge in [0.2, 0.25) is 0 Å². The molecular weight excluding hydrogens is 300 g/mol. The smallest absolute Gasteiger partial charge is 0.327 e. The molecule has 0 unspecified atom stereocenters. The standard InChI is InChI=1S/C17H30O6/c1-8-21-14(19)17(10-12(3)4,15(20)22-9-2)11-23-13(18)16(5,6)7/h12H,8-11H2,1-7H3. The molecule has 0 rings (SSSR count). The summed E-state index contributed by atoms with van der Waals surface area (Å²) in [5.74, 6) is -1.90. The molecule has 0 aliphatic heterocycles. The van der Waals surface area contributed by atoms with Gasteiger partial charge in [-0.15, -0.1) is 0 Å². The van der Waals surface area contributed by atoms with Crippen molar-refractivity contribution in [2.24, 2.45) is 16.7 Å². The summed E-state index contributed by atoms with van der Waals surface area (Å²) in [7, 11) is 0. The predicted molar refractivity (Wildman–Crippen MR) is 85.6 cm³/mol. The van der Waals surface area contributed by atoms with Crippen molar-refractivity contribution in [3.8, 4) is 0 Å². The average molecular weight is 330 g/mol. The average Bonchev–Trinajstić information content (AvgIpc) is 2.41. The van der Waals surface area contributed by atoms with E-state index >= 15 is 0 Å². The summed E-state index contributed by atoms with van der Waals surface area (Å²) >= 11 is 0. The maximum atomic E-state index is 12.5. The third kappa shape index (κ3) is 6.20. The molecule has 0 N–H and O–H groups in total. The molecule has 0 radical (unpaired) electrons. The Bertz CT molecular complexity index is 401. The van der Waals surface area contributed by atoms with Crippen LogP contribution in [0.15, 0.2) is 0 Å². The zero-order chi connectivity index (χ0) is 18.3. The van der Waals surface area contributed by atoms with Crippen LogP contribution in [0.3, 0.4) is 0 Å². The van der Waals surface area contributed by atoms with Crippen LogP contribution in [0, 0.1) is 16.7 Å². The van der Waals surface area contributed by atoms with Crippen LogP contribution in [0.2, 0.25) is 0 Å². The largest absolute Gasteiger partial charge is 0.465 e. The summed E-state index contributed by atoms with van der Waals surface area (Å²) in [6.07, 6.45) is 0.183. The first-order chi connectivity index (χ1) is 10.5. The lowest BCUT2D eigenvalue weighted by atomic mass is 9.80. The van der Waals surface area contributed by atoms with Gasteiger partial charge in [-0.3, -0.25) is 14.4 Å². The highest BCUT2D eigenvalue weighted by Crippen LogP contribution is 2.32. The van der Waals surface area contributed by atoms with Crippen LogP contribution >= 0.6 is 0 Å². The second-order valence-electron chi connectivity index (χ2n) is 6.95. The Morgan fingerprint density at radius 3 is 1.57 bits per heavy atom. The fraction of sp³-hybridized carbons (Fsp3) is 0.824. The van der Waals surface area contributed by atoms with Crippen molar-refractivity contribution >= 4 is 17.9 Å². The molecule has 0 saturated heterocycles. The number of carbonyl (C=O) groups is 3. The van der Waals surface area contributed by atoms with E-state index in [1.165, 1.54) is 0 Å². The fourth-order valence-electron chi connectivity index (χ4n) is 2.07. The van der Waals surface area contributed by atoms with Gasteiger partial charge in [0, 0.05) is 0 Å². The van der Waals surface area contributed by atoms with Crippen LogP contribution in [-0.4, -0.2) is 37.7 Å². The Kier molecular flexibility index (Phi) is 8.28. The molecular formula is C17H30O6. The lowest BCUT2D eigenvalue weighted by molar-refractivity contribution is -0.182. The van der Waals surface area contributed by atoms with E-state index in [0.29, 0.717) is 0 Å². The number of ether oxygens (including phenoxy) is 3. The second-order valence-corrected chi connectivity index (χ2v) is 6.95. The molecule has 0 atom stereocenters. The minimum Gasteiger partial charge on any atom is -0.465 e. The van der Waals surface area contributed by atoms with Crippen molar-refractivity contribution in [1.29, 1.82) is 0 Å². The van der Waals surface area contributed by atoms with Gasteiger partial charge in [0.25, 0.3) is 0 Å². The van der Waals surface area contributed by atoms with Crippen LogP contribution in [0.25, 0.3) is 0 Å². The Labute approximate surface area is 138 Å². The maximum Gasteiger partial charge on any atom is 0.327 e. The first-order valence-corrected chi connectivity index (χ1v) is 8.03. The van der Waals surface area contributed by atoms with Crippen molar-refractivity contribution in [2.45, 2.75) is 54.9 Å². The molecule has 0 bridgehead atoms. The summed E-state index contributed by atoms with van der Waals surface area (Å²) < 4.78 is 15.4. The zero-order valence-corrected chi connectivity index (χ0v) is 15.4. The van der Waals surface area contributed by atoms with Crippen molar-refractivity contribution < 1.29 is 28.6 Å². The van der Waals surface area contributed by atoms with Gasteiger partial charge >= 0.3 is 17.9 Å². The Hall–Kier alpha value is -1.59. The molecule has 134 valence electrons. The van der Waals surface area contributed by atoms with E-state index < -0.39 is 28.7 Å². The molecule has 0 heterocycles. The monoisotopic (exact) mass is 330 g/mol. The minimum atomic E-state index is -1.62. The van der Waals surface area contributed by atoms with Gasteiger partial charge in [0.15, 0.2) is 5.41 Å². The molecule has 0 aromatic heterocycles. The SMILES string of the molecule is CCOC(=O)C(COC(=O)C(C)(C)C)(CC(C)C)C(=O)OCC. The highest BCUT2D eigenvalue weighted by molar-refractivity contribution is 6.00. The van der Waals surface area contributed by atoms with Gasteiger partial charge in [-0.2, -0.15) is 0 Å². The summed E-state index contributed by atoms with van der Waals surface area (Å²) in [6, 6.07) is 0. The lowest BCUT2D eigenvalue weighted by Gasteiger charge is -2.31. The molecule has 6 nitrogen and oxygen atoms in total. The van der Waals surface area contributed by atoms with Crippen LogP contribution in [0.1, 0.15) is 54.9 Å². The summed E-state index contributed by atoms with van der Waals surface area (Å²) in [4.78, 5) is 37.0. The van der Waals surface area contributed by atoms with E-state index in [9.17, 15) is 14.4 Å². The van der Waals surface area contributed by atoms with E-state index in [0.717, 1.165) is 0 Å². The van der Waals surface area contributed by atoms with E-state index in [1.54, 1.807) is 34.6 Å². The number of rotatable bonds is 8. The van der Waals surface area contributed by atoms with Crippen LogP contribution in [-0.2, 0) is 28.6 Å². The Morgan fingerprint density at radius 2 is 1.26 bits per heavy atom. The highest BCUT2D eigenvalue weighted by Gasteiger charge is 2.51. The second kappa shape index (κ2) is 8.89. The van der Waals surface area contributed by atoms with Crippen molar-refractivity contribution in [3.63, 3.8) is 0 Å². The predicted octanol–water partition coefficient (Wildman–Crippen LogP) is 2.73. The van der Waals surface area contributed by atoms with Crippen molar-refractivity contribution in [2.75, 3.05) is 19.8 Å². The molecule has 0 fully saturated rings. The van der Waals surface area contributed by atoms with E-state index in [4.69, 9.17) is 14.2 Å². The van der Waals surface area contributed by atoms with Gasteiger partial charge in [0.05, 0.1) is 18.6 Å². The van der Waals surface area contributed by atoms with Crippen LogP contribution in [0.5, 0.6) is 0 Å². The molecule has 0 aromatic rings. The van der Waals surface area contributed by atoms with E-state index in [2.05, 4.69) is 0 Å². The molecule has 0 aliphatic rings. The van der Waals surface area contributed by atoms with Gasteiger partial charge in [-0.05, 0) is 47.0 Å². The maximum absolute atomic E-state index is 12.5. The molecule has 0 aromatic carbocycles. The molecule has 6 heteroatoms. The van der Waals surface area contributed by atoms with Crippen molar-refractivity contribution in [3.05, 3.63) is 0 Å². The molecule has 0 spiro atoms. The summed E-state index contributed by atoms with van der Waals surface area (Å²) in [5, 5.41) is 0. The van der Waals surface area contributed by atoms with Crippen LogP contribution < -0.4 is 0 Å². The van der Waals surface area contributed by atoms with Crippen molar-refractivity contribution in [1.82, 2.24) is 0 Å². The highest BCUT2D eigenvalue weighted by atomic mass is 16.6. The normalized spacial score (nSPS) is 12.0. The zero-order valence-electron chi connectivity index (χ0n) is 15.4. The molecule has 0 saturated carbocycles. The third-order valence-corrected chi connectivity index (χ3v) is 3.15. The van der Waals surface area contributed by atoms with Gasteiger partial charge < -0.3 is 14.2 Å². The Balaban J connectivity index is 5.56. The van der Waals surface area contributed by atoms with Gasteiger partial charge in [-0.1, -0.05) is 13.8 Å². The quantitative estimate of drug-likeness (QED) is 0.387. The molecule has 23 heavy (non-hydrogen) atoms. The van der Waals surface area contributed by atoms with Gasteiger partial charge in [0.1, 0.15) is 6.61 Å². The third-order valence-electron chi connectivity index (χ3n) is 3.15. The minimum absolute atomic E-state index is 0.0113. The van der Waals surface area contributed by atoms with Crippen LogP contribution in [0.4, 0.5) is 0 Å². The number of hydrogen-bond donors (Lipinski definition) is 0. The number of hydrogen-bond acceptors (Lipinski definition) is 6. The number of carbonyl (C=O) groups excluding carboxylic acids is 3. The first-order valence-electron chi connectivity index (χ1n) is 8.03. The van der Waals surface area contributed by atoms with Gasteiger partial charge in [-0.25, -0.2) is 0 Å². The molecule has 0 amide bonds. The number of esters is 3. The first kappa shape index (κ1) is 21.4. The van der Waals surface area contributed by atoms with E-state index in [-0.39, 0.29) is 32.2 Å². The van der Waals surface area contributed by atoms with E-state index in [1.807, 2.05) is 13.8 Å².